The topological polar surface area (TPSA) is 21.6 Å². The molecular formula is C8H8NO. The van der Waals surface area contributed by atoms with Gasteiger partial charge < -0.3 is 4.84 Å². The molecule has 1 rings (SSSR count). The smallest absolute Gasteiger partial charge is 0.153 e. The normalized spacial score (nSPS) is 10.1. The Kier molecular flexibility index (Phi) is 2.49. The molecule has 0 N–H and O–H groups in total. The highest BCUT2D eigenvalue weighted by Crippen LogP contribution is 1.93. The zero-order valence-electron chi connectivity index (χ0n) is 5.53. The van der Waals surface area contributed by atoms with Gasteiger partial charge in [0.05, 0.1) is 6.21 Å². The van der Waals surface area contributed by atoms with Gasteiger partial charge >= 0.3 is 0 Å². The van der Waals surface area contributed by atoms with E-state index in [0.717, 1.165) is 5.56 Å². The molecule has 1 radical (unpaired) electrons. The van der Waals surface area contributed by atoms with Crippen LogP contribution in [-0.2, 0) is 4.84 Å². The van der Waals surface area contributed by atoms with Gasteiger partial charge in [-0.15, -0.1) is 0 Å². The first-order valence-corrected chi connectivity index (χ1v) is 2.93. The monoisotopic (exact) mass is 134 g/mol. The van der Waals surface area contributed by atoms with Crippen molar-refractivity contribution in [2.45, 2.75) is 0 Å². The third kappa shape index (κ3) is 1.90. The van der Waals surface area contributed by atoms with Crippen LogP contribution in [0.4, 0.5) is 0 Å². The van der Waals surface area contributed by atoms with Gasteiger partial charge in [-0.1, -0.05) is 35.5 Å². The summed E-state index contributed by atoms with van der Waals surface area (Å²) in [5, 5.41) is 3.51. The second-order valence-corrected chi connectivity index (χ2v) is 1.77. The van der Waals surface area contributed by atoms with E-state index in [1.165, 1.54) is 0 Å². The minimum Gasteiger partial charge on any atom is -0.392 e. The molecule has 0 fully saturated rings. The van der Waals surface area contributed by atoms with E-state index in [1.807, 2.05) is 30.3 Å². The van der Waals surface area contributed by atoms with Crippen LogP contribution in [0, 0.1) is 7.11 Å². The lowest BCUT2D eigenvalue weighted by Crippen LogP contribution is -1.77. The first-order valence-electron chi connectivity index (χ1n) is 2.93. The van der Waals surface area contributed by atoms with E-state index >= 15 is 0 Å². The van der Waals surface area contributed by atoms with Crippen LogP contribution < -0.4 is 0 Å². The molecule has 1 aromatic rings. The van der Waals surface area contributed by atoms with Crippen LogP contribution >= 0.6 is 0 Å². The first-order chi connectivity index (χ1) is 4.93. The quantitative estimate of drug-likeness (QED) is 0.446. The molecular weight excluding hydrogens is 126 g/mol. The highest BCUT2D eigenvalue weighted by molar-refractivity contribution is 5.78. The molecule has 0 aromatic heterocycles. The van der Waals surface area contributed by atoms with Crippen LogP contribution in [0.25, 0.3) is 0 Å². The van der Waals surface area contributed by atoms with Gasteiger partial charge in [0.15, 0.2) is 7.11 Å². The molecule has 0 atom stereocenters. The van der Waals surface area contributed by atoms with Gasteiger partial charge in [0.1, 0.15) is 0 Å². The fraction of sp³-hybridized carbons (Fsp3) is 0. The Hall–Kier alpha value is -1.31. The summed E-state index contributed by atoms with van der Waals surface area (Å²) in [5.41, 5.74) is 1.01. The van der Waals surface area contributed by atoms with Crippen molar-refractivity contribution < 1.29 is 4.84 Å². The number of oxime groups is 1. The Morgan fingerprint density at radius 1 is 1.30 bits per heavy atom. The third-order valence-electron chi connectivity index (χ3n) is 1.08. The van der Waals surface area contributed by atoms with Crippen LogP contribution in [0.15, 0.2) is 35.5 Å². The van der Waals surface area contributed by atoms with Crippen molar-refractivity contribution in [3.05, 3.63) is 43.0 Å². The van der Waals surface area contributed by atoms with Gasteiger partial charge in [-0.25, -0.2) is 0 Å². The summed E-state index contributed by atoms with van der Waals surface area (Å²) in [4.78, 5) is 4.27. The fourth-order valence-corrected chi connectivity index (χ4v) is 0.637. The molecule has 0 aliphatic rings. The molecule has 51 valence electrons. The van der Waals surface area contributed by atoms with E-state index in [0.29, 0.717) is 0 Å². The Morgan fingerprint density at radius 2 is 2.00 bits per heavy atom. The van der Waals surface area contributed by atoms with Gasteiger partial charge in [-0.3, -0.25) is 0 Å². The summed E-state index contributed by atoms with van der Waals surface area (Å²) >= 11 is 0. The molecule has 0 saturated heterocycles. The van der Waals surface area contributed by atoms with Gasteiger partial charge in [0, 0.05) is 0 Å². The van der Waals surface area contributed by atoms with Crippen LogP contribution in [0.5, 0.6) is 0 Å². The van der Waals surface area contributed by atoms with E-state index in [-0.39, 0.29) is 0 Å². The minimum absolute atomic E-state index is 1.01. The summed E-state index contributed by atoms with van der Waals surface area (Å²) in [6.45, 7) is 0. The highest BCUT2D eigenvalue weighted by Gasteiger charge is 1.80. The molecule has 2 nitrogen and oxygen atoms in total. The Labute approximate surface area is 60.1 Å². The Bertz CT molecular complexity index is 206. The number of hydrogen-bond acceptors (Lipinski definition) is 2. The van der Waals surface area contributed by atoms with Gasteiger partial charge in [0.25, 0.3) is 0 Å². The molecule has 1 aromatic carbocycles. The van der Waals surface area contributed by atoms with Crippen LogP contribution in [-0.4, -0.2) is 6.21 Å². The van der Waals surface area contributed by atoms with Crippen molar-refractivity contribution >= 4 is 6.21 Å². The predicted molar refractivity (Wildman–Crippen MR) is 40.5 cm³/mol. The summed E-state index contributed by atoms with van der Waals surface area (Å²) in [6, 6.07) is 9.68. The maximum absolute atomic E-state index is 4.27. The lowest BCUT2D eigenvalue weighted by molar-refractivity contribution is 0.262. The molecule has 10 heavy (non-hydrogen) atoms. The first kappa shape index (κ1) is 6.81. The van der Waals surface area contributed by atoms with Crippen LogP contribution in [0.1, 0.15) is 5.56 Å². The predicted octanol–water partition coefficient (Wildman–Crippen LogP) is 1.83. The maximum Gasteiger partial charge on any atom is 0.153 e. The Morgan fingerprint density at radius 3 is 2.60 bits per heavy atom. The fourth-order valence-electron chi connectivity index (χ4n) is 0.637. The van der Waals surface area contributed by atoms with E-state index in [1.54, 1.807) is 6.21 Å². The largest absolute Gasteiger partial charge is 0.392 e. The van der Waals surface area contributed by atoms with Crippen LogP contribution in [0.2, 0.25) is 0 Å². The van der Waals surface area contributed by atoms with Crippen molar-refractivity contribution in [3.63, 3.8) is 0 Å². The van der Waals surface area contributed by atoms with E-state index in [9.17, 15) is 0 Å². The van der Waals surface area contributed by atoms with Crippen molar-refractivity contribution in [3.8, 4) is 0 Å². The summed E-state index contributed by atoms with van der Waals surface area (Å²) in [6.07, 6.45) is 1.60. The Balaban J connectivity index is 2.67. The SMILES string of the molecule is [CH2]ON=Cc1ccccc1. The van der Waals surface area contributed by atoms with Gasteiger partial charge in [-0.05, 0) is 5.56 Å². The zero-order chi connectivity index (χ0) is 7.23. The molecule has 0 saturated carbocycles. The number of rotatable bonds is 2. The van der Waals surface area contributed by atoms with Crippen molar-refractivity contribution in [1.29, 1.82) is 0 Å². The van der Waals surface area contributed by atoms with E-state index in [2.05, 4.69) is 17.1 Å². The molecule has 0 bridgehead atoms. The van der Waals surface area contributed by atoms with Crippen LogP contribution in [0.3, 0.4) is 0 Å². The zero-order valence-corrected chi connectivity index (χ0v) is 5.53. The molecule has 0 spiro atoms. The number of benzene rings is 1. The molecule has 0 aliphatic carbocycles. The molecule has 2 heteroatoms. The average Bonchev–Trinajstić information content (AvgIpc) is 2.03. The molecule has 0 aliphatic heterocycles. The van der Waals surface area contributed by atoms with Crippen molar-refractivity contribution in [2.75, 3.05) is 0 Å². The second-order valence-electron chi connectivity index (χ2n) is 1.77. The second kappa shape index (κ2) is 3.67. The van der Waals surface area contributed by atoms with E-state index < -0.39 is 0 Å². The van der Waals surface area contributed by atoms with E-state index in [4.69, 9.17) is 0 Å². The van der Waals surface area contributed by atoms with Crippen molar-refractivity contribution in [1.82, 2.24) is 0 Å². The number of nitrogens with zero attached hydrogens (tertiary/aromatic N) is 1. The standard InChI is InChI=1S/C8H8NO/c1-10-9-7-8-5-3-2-4-6-8/h2-7H,1H2. The summed E-state index contributed by atoms with van der Waals surface area (Å²) in [7, 11) is 3.10. The molecule has 0 heterocycles. The van der Waals surface area contributed by atoms with Gasteiger partial charge in [0.2, 0.25) is 0 Å². The lowest BCUT2D eigenvalue weighted by atomic mass is 10.2. The third-order valence-corrected chi connectivity index (χ3v) is 1.08. The molecule has 0 amide bonds. The lowest BCUT2D eigenvalue weighted by Gasteiger charge is -1.88. The average molecular weight is 134 g/mol. The minimum atomic E-state index is 1.01. The molecule has 0 unspecified atom stereocenters. The summed E-state index contributed by atoms with van der Waals surface area (Å²) < 4.78 is 0. The summed E-state index contributed by atoms with van der Waals surface area (Å²) in [5.74, 6) is 0. The maximum atomic E-state index is 4.27. The van der Waals surface area contributed by atoms with Gasteiger partial charge in [-0.2, -0.15) is 0 Å². The number of hydrogen-bond donors (Lipinski definition) is 0. The highest BCUT2D eigenvalue weighted by atomic mass is 16.6. The van der Waals surface area contributed by atoms with Crippen molar-refractivity contribution in [2.24, 2.45) is 5.16 Å².